The van der Waals surface area contributed by atoms with Gasteiger partial charge >= 0.3 is 0 Å². The van der Waals surface area contributed by atoms with Crippen LogP contribution in [0.3, 0.4) is 0 Å². The van der Waals surface area contributed by atoms with Crippen LogP contribution in [-0.4, -0.2) is 49.4 Å². The highest BCUT2D eigenvalue weighted by molar-refractivity contribution is 6.34. The van der Waals surface area contributed by atoms with Crippen LogP contribution in [0.15, 0.2) is 36.7 Å². The van der Waals surface area contributed by atoms with Gasteiger partial charge in [-0.1, -0.05) is 23.2 Å². The Kier molecular flexibility index (Phi) is 4.82. The van der Waals surface area contributed by atoms with Gasteiger partial charge in [-0.3, -0.25) is 14.3 Å². The van der Waals surface area contributed by atoms with Crippen LogP contribution < -0.4 is 5.32 Å². The lowest BCUT2D eigenvalue weighted by atomic mass is 10.1. The third-order valence-corrected chi connectivity index (χ3v) is 4.91. The molecular formula is C18H16Cl2N6O2. The molecule has 28 heavy (non-hydrogen) atoms. The monoisotopic (exact) mass is 418 g/mol. The molecular weight excluding hydrogens is 403 g/mol. The molecule has 0 bridgehead atoms. The third kappa shape index (κ3) is 3.48. The first kappa shape index (κ1) is 18.5. The van der Waals surface area contributed by atoms with Crippen LogP contribution >= 0.6 is 23.2 Å². The summed E-state index contributed by atoms with van der Waals surface area (Å²) in [5.74, 6) is -0.327. The summed E-state index contributed by atoms with van der Waals surface area (Å²) in [4.78, 5) is 27.0. The maximum Gasteiger partial charge on any atom is 0.275 e. The number of nitrogens with one attached hydrogen (secondary N) is 1. The van der Waals surface area contributed by atoms with E-state index in [4.69, 9.17) is 23.2 Å². The van der Waals surface area contributed by atoms with Gasteiger partial charge in [0.05, 0.1) is 17.4 Å². The molecule has 1 fully saturated rings. The van der Waals surface area contributed by atoms with Gasteiger partial charge < -0.3 is 10.2 Å². The van der Waals surface area contributed by atoms with Gasteiger partial charge in [0.15, 0.2) is 5.82 Å². The van der Waals surface area contributed by atoms with Crippen LogP contribution in [0.5, 0.6) is 0 Å². The highest BCUT2D eigenvalue weighted by Crippen LogP contribution is 2.22. The number of aromatic nitrogens is 4. The van der Waals surface area contributed by atoms with Crippen LogP contribution in [0.4, 0.5) is 5.82 Å². The van der Waals surface area contributed by atoms with E-state index in [-0.39, 0.29) is 17.2 Å². The predicted molar refractivity (Wildman–Crippen MR) is 105 cm³/mol. The van der Waals surface area contributed by atoms with E-state index < -0.39 is 5.91 Å². The molecule has 1 N–H and O–H groups in total. The third-order valence-electron chi connectivity index (χ3n) is 4.47. The topological polar surface area (TPSA) is 85.0 Å². The van der Waals surface area contributed by atoms with Crippen molar-refractivity contribution in [1.82, 2.24) is 24.5 Å². The Labute approximate surface area is 170 Å². The zero-order chi connectivity index (χ0) is 19.8. The highest BCUT2D eigenvalue weighted by atomic mass is 35.5. The molecule has 1 aromatic carbocycles. The number of carbonyl (C=O) groups excluding carboxylic acids is 2. The second kappa shape index (κ2) is 7.29. The number of halogens is 2. The smallest absolute Gasteiger partial charge is 0.275 e. The molecule has 0 atom stereocenters. The Hall–Kier alpha value is -2.84. The van der Waals surface area contributed by atoms with Crippen molar-refractivity contribution >= 4 is 40.8 Å². The molecule has 8 nitrogen and oxygen atoms in total. The van der Waals surface area contributed by atoms with Crippen LogP contribution in [0.1, 0.15) is 27.3 Å². The lowest BCUT2D eigenvalue weighted by molar-refractivity contribution is 0.0648. The van der Waals surface area contributed by atoms with Crippen molar-refractivity contribution in [3.63, 3.8) is 0 Å². The Morgan fingerprint density at radius 1 is 1.14 bits per heavy atom. The summed E-state index contributed by atoms with van der Waals surface area (Å²) < 4.78 is 2.93. The quantitative estimate of drug-likeness (QED) is 0.705. The molecule has 0 unspecified atom stereocenters. The Morgan fingerprint density at radius 2 is 1.86 bits per heavy atom. The average Bonchev–Trinajstić information content (AvgIpc) is 3.19. The van der Waals surface area contributed by atoms with E-state index >= 15 is 0 Å². The van der Waals surface area contributed by atoms with Gasteiger partial charge in [0.2, 0.25) is 0 Å². The van der Waals surface area contributed by atoms with Crippen molar-refractivity contribution in [2.24, 2.45) is 7.05 Å². The molecule has 0 spiro atoms. The summed E-state index contributed by atoms with van der Waals surface area (Å²) in [7, 11) is 1.62. The summed E-state index contributed by atoms with van der Waals surface area (Å²) in [6.45, 7) is 1.39. The number of benzene rings is 1. The van der Waals surface area contributed by atoms with Crippen molar-refractivity contribution in [2.45, 2.75) is 6.42 Å². The van der Waals surface area contributed by atoms with E-state index in [0.717, 1.165) is 6.42 Å². The number of carbonyl (C=O) groups is 2. The highest BCUT2D eigenvalue weighted by Gasteiger charge is 2.28. The summed E-state index contributed by atoms with van der Waals surface area (Å²) in [5, 5.41) is 12.1. The SMILES string of the molecule is Cn1ncc(C(=O)N2CCC2)c1C(=O)Nc1ccn(-c2cc(Cl)cc(Cl)c2)n1. The Morgan fingerprint density at radius 3 is 2.50 bits per heavy atom. The zero-order valence-corrected chi connectivity index (χ0v) is 16.4. The number of hydrogen-bond donors (Lipinski definition) is 1. The molecule has 3 heterocycles. The minimum atomic E-state index is -0.460. The van der Waals surface area contributed by atoms with E-state index in [9.17, 15) is 9.59 Å². The van der Waals surface area contributed by atoms with E-state index in [1.54, 1.807) is 47.1 Å². The van der Waals surface area contributed by atoms with Crippen molar-refractivity contribution < 1.29 is 9.59 Å². The number of hydrogen-bond acceptors (Lipinski definition) is 4. The second-order valence-electron chi connectivity index (χ2n) is 6.40. The van der Waals surface area contributed by atoms with Gasteiger partial charge in [-0.15, -0.1) is 0 Å². The van der Waals surface area contributed by atoms with E-state index in [1.807, 2.05) is 0 Å². The second-order valence-corrected chi connectivity index (χ2v) is 7.28. The molecule has 0 aliphatic carbocycles. The summed E-state index contributed by atoms with van der Waals surface area (Å²) in [5.41, 5.74) is 1.13. The van der Waals surface area contributed by atoms with Gasteiger partial charge in [0.25, 0.3) is 11.8 Å². The van der Waals surface area contributed by atoms with Gasteiger partial charge in [-0.05, 0) is 24.6 Å². The molecule has 3 aromatic rings. The van der Waals surface area contributed by atoms with Gasteiger partial charge in [-0.25, -0.2) is 4.68 Å². The Bertz CT molecular complexity index is 1050. The summed E-state index contributed by atoms with van der Waals surface area (Å²) >= 11 is 12.0. The van der Waals surface area contributed by atoms with Gasteiger partial charge in [0, 0.05) is 42.4 Å². The number of nitrogens with zero attached hydrogens (tertiary/aromatic N) is 5. The minimum Gasteiger partial charge on any atom is -0.338 e. The largest absolute Gasteiger partial charge is 0.338 e. The number of aryl methyl sites for hydroxylation is 1. The molecule has 2 amide bonds. The number of amides is 2. The van der Waals surface area contributed by atoms with E-state index in [2.05, 4.69) is 15.5 Å². The van der Waals surface area contributed by atoms with Crippen molar-refractivity contribution in [2.75, 3.05) is 18.4 Å². The number of anilines is 1. The molecule has 1 saturated heterocycles. The standard InChI is InChI=1S/C18H16Cl2N6O2/c1-24-16(14(10-21-24)18(28)25-4-2-5-25)17(27)22-15-3-6-26(23-15)13-8-11(19)7-12(20)9-13/h3,6-10H,2,4-5H2,1H3,(H,22,23,27). The van der Waals surface area contributed by atoms with Gasteiger partial charge in [0.1, 0.15) is 5.69 Å². The summed E-state index contributed by atoms with van der Waals surface area (Å²) in [6, 6.07) is 6.67. The molecule has 4 rings (SSSR count). The lowest BCUT2D eigenvalue weighted by Crippen LogP contribution is -2.42. The molecule has 1 aliphatic rings. The Balaban J connectivity index is 1.56. The molecule has 0 saturated carbocycles. The molecule has 0 radical (unpaired) electrons. The van der Waals surface area contributed by atoms with Crippen molar-refractivity contribution in [3.05, 3.63) is 58.0 Å². The molecule has 10 heteroatoms. The fraction of sp³-hybridized carbons (Fsp3) is 0.222. The molecule has 1 aliphatic heterocycles. The van der Waals surface area contributed by atoms with Crippen LogP contribution in [0, 0.1) is 0 Å². The molecule has 144 valence electrons. The predicted octanol–water partition coefficient (Wildman–Crippen LogP) is 3.01. The van der Waals surface area contributed by atoms with Crippen molar-refractivity contribution in [3.8, 4) is 5.69 Å². The fourth-order valence-corrected chi connectivity index (χ4v) is 3.45. The number of rotatable bonds is 4. The van der Waals surface area contributed by atoms with Crippen molar-refractivity contribution in [1.29, 1.82) is 0 Å². The van der Waals surface area contributed by atoms with E-state index in [1.165, 1.54) is 10.9 Å². The normalized spacial score (nSPS) is 13.3. The fourth-order valence-electron chi connectivity index (χ4n) is 2.93. The molecule has 2 aromatic heterocycles. The maximum atomic E-state index is 12.8. The summed E-state index contributed by atoms with van der Waals surface area (Å²) in [6.07, 6.45) is 4.06. The van der Waals surface area contributed by atoms with Gasteiger partial charge in [-0.2, -0.15) is 10.2 Å². The minimum absolute atomic E-state index is 0.191. The van der Waals surface area contributed by atoms with Crippen LogP contribution in [0.2, 0.25) is 10.0 Å². The first-order valence-corrected chi connectivity index (χ1v) is 9.33. The number of likely N-dealkylation sites (tertiary alicyclic amines) is 1. The van der Waals surface area contributed by atoms with Crippen LogP contribution in [0.25, 0.3) is 5.69 Å². The average molecular weight is 419 g/mol. The zero-order valence-electron chi connectivity index (χ0n) is 14.9. The first-order valence-electron chi connectivity index (χ1n) is 8.57. The van der Waals surface area contributed by atoms with Crippen LogP contribution in [-0.2, 0) is 7.05 Å². The lowest BCUT2D eigenvalue weighted by Gasteiger charge is -2.30. The first-order chi connectivity index (χ1) is 13.4. The van der Waals surface area contributed by atoms with E-state index in [0.29, 0.717) is 34.6 Å². The maximum absolute atomic E-state index is 12.8.